The summed E-state index contributed by atoms with van der Waals surface area (Å²) in [6.07, 6.45) is 19.6. The van der Waals surface area contributed by atoms with Gasteiger partial charge in [-0.1, -0.05) is 55.4 Å². The molecule has 21 nitrogen and oxygen atoms in total. The molecule has 12 rings (SSSR count). The van der Waals surface area contributed by atoms with Gasteiger partial charge in [-0.3, -0.25) is 9.59 Å². The Bertz CT molecular complexity index is 3430. The van der Waals surface area contributed by atoms with Crippen molar-refractivity contribution in [3.63, 3.8) is 0 Å². The average molecular weight is 1100 g/mol. The molecular weight excluding hydrogens is 1030 g/mol. The smallest absolute Gasteiger partial charge is 0.248 e. The zero-order valence-electron chi connectivity index (χ0n) is 45.4. The van der Waals surface area contributed by atoms with Crippen LogP contribution in [0, 0.1) is 22.2 Å². The number of ether oxygens (including phenoxy) is 2. The summed E-state index contributed by atoms with van der Waals surface area (Å²) in [7, 11) is 0. The highest BCUT2D eigenvalue weighted by atomic mass is 32.1. The first-order valence-electron chi connectivity index (χ1n) is 27.7. The van der Waals surface area contributed by atoms with Gasteiger partial charge in [0.2, 0.25) is 23.6 Å². The summed E-state index contributed by atoms with van der Waals surface area (Å²) in [5.41, 5.74) is 11.9. The topological polar surface area (TPSA) is 275 Å². The number of hydrogen-bond donors (Lipinski definition) is 3. The minimum atomic E-state index is -0.852. The molecule has 3 fully saturated rings. The Balaban J connectivity index is 0.695. The second-order valence-electron chi connectivity index (χ2n) is 23.5. The van der Waals surface area contributed by atoms with E-state index in [4.69, 9.17) is 29.7 Å². The predicted molar refractivity (Wildman–Crippen MR) is 294 cm³/mol. The van der Waals surface area contributed by atoms with Gasteiger partial charge in [-0.05, 0) is 106 Å². The molecule has 5 atom stereocenters. The highest BCUT2D eigenvalue weighted by Gasteiger charge is 2.50. The van der Waals surface area contributed by atoms with Gasteiger partial charge in [0.05, 0.1) is 53.9 Å². The fourth-order valence-corrected chi connectivity index (χ4v) is 13.8. The molecule has 1 saturated carbocycles. The second-order valence-corrected chi connectivity index (χ2v) is 24.7. The molecule has 0 unspecified atom stereocenters. The number of nitrogens with one attached hydrogen (secondary N) is 1. The lowest BCUT2D eigenvalue weighted by atomic mass is 9.63. The number of thiophene rings is 1. The number of aliphatic hydroxyl groups is 1. The molecule has 80 heavy (non-hydrogen) atoms. The number of amides is 2. The monoisotopic (exact) mass is 1100 g/mol. The molecule has 2 saturated heterocycles. The third kappa shape index (κ3) is 10.4. The molecule has 2 aliphatic heterocycles. The number of carbonyl (C=O) groups is 2. The minimum Gasteiger partial charge on any atom is -0.477 e. The molecule has 1 aromatic carbocycles. The molecule has 2 amide bonds. The Morgan fingerprint density at radius 2 is 1.69 bits per heavy atom. The van der Waals surface area contributed by atoms with E-state index in [1.165, 1.54) is 28.9 Å². The summed E-state index contributed by atoms with van der Waals surface area (Å²) >= 11 is 1.51. The standard InChI is InChI=1S/C58H65N15O6S/c1-34(35-9-11-36(12-10-35)38-24-61-32-62-25-38)65-54(75)44-21-39(74)28-72(44)55(76)50(56(2,3)4)73-29-43(68-70-73)37-13-19-71(20-14-37)30-57(17-18-57)31-77-46-22-47(78-40-26-63-33-64-27-40)67-53(66-46)49-41-7-5-15-58(51(41)79-69-49)16-6-8-45-48(58)42(23-59)52(60)80-45/h9-12,22,24-27,29,32-34,37,39,44,50,74H,5-8,13-21,28,30-31,60H2,1-4H3,(H,65,75)/t34-,39+,44-,50+,58-/m0/s1. The molecular formula is C58H65N15O6S. The summed E-state index contributed by atoms with van der Waals surface area (Å²) in [4.78, 5) is 60.1. The number of nitriles is 1. The largest absolute Gasteiger partial charge is 0.477 e. The maximum atomic E-state index is 14.7. The van der Waals surface area contributed by atoms with Crippen molar-refractivity contribution in [3.8, 4) is 46.2 Å². The number of carbonyl (C=O) groups excluding carboxylic acids is 2. The Hall–Kier alpha value is -7.74. The normalized spacial score (nSPS) is 21.5. The van der Waals surface area contributed by atoms with E-state index in [1.54, 1.807) is 35.5 Å². The summed E-state index contributed by atoms with van der Waals surface area (Å²) in [6, 6.07) is 9.97. The zero-order chi connectivity index (χ0) is 55.3. The van der Waals surface area contributed by atoms with Gasteiger partial charge in [0.1, 0.15) is 35.8 Å². The van der Waals surface area contributed by atoms with E-state index in [2.05, 4.69) is 51.7 Å². The number of β-amino-alcohol motifs (C(OH)–C–C–N with tert-alkyl or cyclic N) is 1. The molecule has 0 radical (unpaired) electrons. The van der Waals surface area contributed by atoms with Gasteiger partial charge in [-0.25, -0.2) is 24.6 Å². The minimum absolute atomic E-state index is 0.0447. The van der Waals surface area contributed by atoms with Crippen molar-refractivity contribution in [2.75, 3.05) is 38.5 Å². The number of hydrogen-bond acceptors (Lipinski definition) is 19. The number of fused-ring (bicyclic) bond motifs is 4. The predicted octanol–water partition coefficient (Wildman–Crippen LogP) is 7.70. The summed E-state index contributed by atoms with van der Waals surface area (Å²) in [5.74, 6) is 1.65. The number of benzene rings is 1. The van der Waals surface area contributed by atoms with E-state index in [0.29, 0.717) is 40.3 Å². The fourth-order valence-electron chi connectivity index (χ4n) is 12.7. The van der Waals surface area contributed by atoms with Gasteiger partial charge >= 0.3 is 0 Å². The number of rotatable bonds is 15. The molecule has 4 N–H and O–H groups in total. The first kappa shape index (κ1) is 52.9. The first-order valence-corrected chi connectivity index (χ1v) is 28.5. The van der Waals surface area contributed by atoms with Crippen LogP contribution in [-0.2, 0) is 27.8 Å². The third-order valence-corrected chi connectivity index (χ3v) is 18.0. The van der Waals surface area contributed by atoms with Gasteiger partial charge in [0, 0.05) is 65.4 Å². The maximum absolute atomic E-state index is 14.7. The van der Waals surface area contributed by atoms with Crippen LogP contribution in [0.1, 0.15) is 142 Å². The van der Waals surface area contributed by atoms with Crippen molar-refractivity contribution >= 4 is 28.2 Å². The van der Waals surface area contributed by atoms with Crippen LogP contribution in [0.5, 0.6) is 17.5 Å². The summed E-state index contributed by atoms with van der Waals surface area (Å²) in [6.45, 7) is 10.9. The molecule has 1 spiro atoms. The van der Waals surface area contributed by atoms with Gasteiger partial charge in [-0.15, -0.1) is 16.4 Å². The quantitative estimate of drug-likeness (QED) is 0.0887. The Morgan fingerprint density at radius 3 is 2.40 bits per heavy atom. The number of aromatic nitrogens is 10. The molecule has 0 bridgehead atoms. The summed E-state index contributed by atoms with van der Waals surface area (Å²) in [5, 5.41) is 38.7. The molecule has 22 heteroatoms. The lowest BCUT2D eigenvalue weighted by Gasteiger charge is -2.39. The Labute approximate surface area is 467 Å². The van der Waals surface area contributed by atoms with Gasteiger partial charge in [0.15, 0.2) is 23.0 Å². The van der Waals surface area contributed by atoms with Crippen LogP contribution in [0.15, 0.2) is 78.5 Å². The Kier molecular flexibility index (Phi) is 14.1. The molecule has 8 heterocycles. The van der Waals surface area contributed by atoms with Crippen molar-refractivity contribution in [2.24, 2.45) is 10.8 Å². The lowest BCUT2D eigenvalue weighted by molar-refractivity contribution is -0.144. The van der Waals surface area contributed by atoms with Crippen LogP contribution in [0.2, 0.25) is 0 Å². The van der Waals surface area contributed by atoms with E-state index in [-0.39, 0.29) is 48.0 Å². The van der Waals surface area contributed by atoms with Crippen LogP contribution >= 0.6 is 11.3 Å². The number of likely N-dealkylation sites (tertiary alicyclic amines) is 2. The molecule has 7 aromatic rings. The van der Waals surface area contributed by atoms with Gasteiger partial charge in [0.25, 0.3) is 0 Å². The van der Waals surface area contributed by atoms with Crippen molar-refractivity contribution in [2.45, 2.75) is 134 Å². The highest BCUT2D eigenvalue weighted by molar-refractivity contribution is 7.16. The summed E-state index contributed by atoms with van der Waals surface area (Å²) < 4.78 is 20.8. The van der Waals surface area contributed by atoms with E-state index in [9.17, 15) is 20.0 Å². The number of piperidine rings is 1. The van der Waals surface area contributed by atoms with Gasteiger partial charge in [-0.2, -0.15) is 15.2 Å². The lowest BCUT2D eigenvalue weighted by Crippen LogP contribution is -2.50. The maximum Gasteiger partial charge on any atom is 0.248 e. The number of anilines is 1. The average Bonchev–Trinajstić information content (AvgIpc) is 3.93. The van der Waals surface area contributed by atoms with Crippen molar-refractivity contribution in [3.05, 3.63) is 113 Å². The van der Waals surface area contributed by atoms with E-state index in [1.807, 2.05) is 58.2 Å². The molecule has 5 aliphatic rings. The molecule has 3 aliphatic carbocycles. The van der Waals surface area contributed by atoms with Crippen LogP contribution < -0.4 is 20.5 Å². The van der Waals surface area contributed by atoms with Gasteiger partial charge < -0.3 is 40.0 Å². The number of nitrogens with zero attached hydrogens (tertiary/aromatic N) is 13. The Morgan fingerprint density at radius 1 is 0.975 bits per heavy atom. The van der Waals surface area contributed by atoms with Crippen LogP contribution in [-0.4, -0.2) is 122 Å². The van der Waals surface area contributed by atoms with E-state index < -0.39 is 29.0 Å². The molecule has 6 aromatic heterocycles. The SMILES string of the molecule is C[C@H](NC(=O)[C@@H]1C[C@@H](O)CN1C(=O)[C@@H](n1cc(C2CCN(CC3(COc4cc(Oc5cncnc5)nc(-c5noc6c5CCC[C@@]65CCCc6sc(N)c(C#N)c65)n4)CC3)CC2)nn1)C(C)(C)C)c1ccc(-c2cncnc2)cc1. The number of nitrogens with two attached hydrogens (primary N) is 1. The van der Waals surface area contributed by atoms with E-state index >= 15 is 0 Å². The fraction of sp³-hybridized carbons (Fsp3) is 0.483. The van der Waals surface area contributed by atoms with Crippen LogP contribution in [0.3, 0.4) is 0 Å². The van der Waals surface area contributed by atoms with Crippen molar-refractivity contribution in [1.29, 1.82) is 5.26 Å². The molecule has 414 valence electrons. The van der Waals surface area contributed by atoms with Crippen LogP contribution in [0.4, 0.5) is 5.00 Å². The highest BCUT2D eigenvalue weighted by Crippen LogP contribution is 2.55. The second kappa shape index (κ2) is 21.4. The number of aliphatic hydroxyl groups excluding tert-OH is 1. The van der Waals surface area contributed by atoms with E-state index in [0.717, 1.165) is 128 Å². The van der Waals surface area contributed by atoms with Crippen LogP contribution in [0.25, 0.3) is 22.6 Å². The third-order valence-electron chi connectivity index (χ3n) is 16.9. The van der Waals surface area contributed by atoms with Crippen molar-refractivity contribution < 1.29 is 28.7 Å². The first-order chi connectivity index (χ1) is 38.7. The van der Waals surface area contributed by atoms with Crippen molar-refractivity contribution in [1.82, 2.24) is 65.2 Å². The number of aryl methyl sites for hydroxylation is 1. The zero-order valence-corrected chi connectivity index (χ0v) is 46.2. The number of nitrogen functional groups attached to an aromatic ring is 1.